The van der Waals surface area contributed by atoms with Gasteiger partial charge >= 0.3 is 0 Å². The van der Waals surface area contributed by atoms with Gasteiger partial charge in [0.15, 0.2) is 11.5 Å². The smallest absolute Gasteiger partial charge is 0.163 e. The normalized spacial score (nSPS) is 12.7. The highest BCUT2D eigenvalue weighted by Crippen LogP contribution is 2.35. The highest BCUT2D eigenvalue weighted by Gasteiger charge is 2.11. The van der Waals surface area contributed by atoms with Crippen LogP contribution in [0.4, 0.5) is 0 Å². The second-order valence-corrected chi connectivity index (χ2v) is 5.75. The van der Waals surface area contributed by atoms with E-state index in [0.29, 0.717) is 6.61 Å². The minimum atomic E-state index is 0.254. The number of hydrogen-bond donors (Lipinski definition) is 2. The number of hydrogen-bond acceptors (Lipinski definition) is 4. The lowest BCUT2D eigenvalue weighted by Gasteiger charge is -2.12. The van der Waals surface area contributed by atoms with E-state index in [-0.39, 0.29) is 6.04 Å². The fraction of sp³-hybridized carbons (Fsp3) is 0.389. The Morgan fingerprint density at radius 2 is 2.09 bits per heavy atom. The molecule has 3 rings (SSSR count). The van der Waals surface area contributed by atoms with Gasteiger partial charge in [0.05, 0.1) is 19.2 Å². The molecule has 3 aromatic rings. The summed E-state index contributed by atoms with van der Waals surface area (Å²) in [6, 6.07) is 6.22. The average molecular weight is 313 g/mol. The first-order valence-electron chi connectivity index (χ1n) is 8.04. The predicted octanol–water partition coefficient (Wildman–Crippen LogP) is 3.62. The van der Waals surface area contributed by atoms with Gasteiger partial charge in [0.2, 0.25) is 0 Å². The summed E-state index contributed by atoms with van der Waals surface area (Å²) >= 11 is 0. The third-order valence-corrected chi connectivity index (χ3v) is 4.19. The van der Waals surface area contributed by atoms with Crippen LogP contribution in [-0.2, 0) is 0 Å². The van der Waals surface area contributed by atoms with Crippen molar-refractivity contribution in [2.75, 3.05) is 13.7 Å². The molecule has 0 amide bonds. The zero-order chi connectivity index (χ0) is 16.2. The molecule has 23 heavy (non-hydrogen) atoms. The number of methoxy groups -OCH3 is 1. The first-order valence-corrected chi connectivity index (χ1v) is 8.04. The molecular weight excluding hydrogens is 290 g/mol. The summed E-state index contributed by atoms with van der Waals surface area (Å²) in [6.45, 7) is 2.74. The largest absolute Gasteiger partial charge is 0.493 e. The van der Waals surface area contributed by atoms with Crippen LogP contribution in [0.25, 0.3) is 21.8 Å². The maximum Gasteiger partial charge on any atom is 0.163 e. The Morgan fingerprint density at radius 3 is 2.87 bits per heavy atom. The molecule has 0 radical (unpaired) electrons. The van der Waals surface area contributed by atoms with E-state index >= 15 is 0 Å². The Hall–Kier alpha value is -2.27. The predicted molar refractivity (Wildman–Crippen MR) is 93.1 cm³/mol. The third-order valence-electron chi connectivity index (χ3n) is 4.19. The number of pyridine rings is 1. The Morgan fingerprint density at radius 1 is 1.22 bits per heavy atom. The molecule has 122 valence electrons. The topological polar surface area (TPSA) is 73.2 Å². The number of ether oxygens (including phenoxy) is 2. The molecule has 1 atom stereocenters. The molecule has 0 saturated heterocycles. The first-order chi connectivity index (χ1) is 11.2. The number of nitrogens with two attached hydrogens (primary N) is 1. The number of nitrogens with one attached hydrogen (secondary N) is 1. The lowest BCUT2D eigenvalue weighted by atomic mass is 10.1. The molecule has 0 saturated carbocycles. The Labute approximate surface area is 135 Å². The monoisotopic (exact) mass is 313 g/mol. The van der Waals surface area contributed by atoms with Gasteiger partial charge in [-0.1, -0.05) is 6.92 Å². The molecule has 3 N–H and O–H groups in total. The van der Waals surface area contributed by atoms with Gasteiger partial charge in [-0.3, -0.25) is 4.98 Å². The molecule has 1 unspecified atom stereocenters. The van der Waals surface area contributed by atoms with E-state index < -0.39 is 0 Å². The van der Waals surface area contributed by atoms with Gasteiger partial charge in [-0.15, -0.1) is 0 Å². The van der Waals surface area contributed by atoms with Crippen molar-refractivity contribution in [3.05, 3.63) is 30.6 Å². The molecule has 2 heterocycles. The average Bonchev–Trinajstić information content (AvgIpc) is 2.95. The van der Waals surface area contributed by atoms with Gasteiger partial charge in [0, 0.05) is 40.8 Å². The van der Waals surface area contributed by atoms with Gasteiger partial charge < -0.3 is 20.2 Å². The van der Waals surface area contributed by atoms with Crippen LogP contribution in [0.3, 0.4) is 0 Å². The fourth-order valence-electron chi connectivity index (χ4n) is 2.75. The van der Waals surface area contributed by atoms with Crippen LogP contribution in [0.1, 0.15) is 26.2 Å². The van der Waals surface area contributed by atoms with Crippen molar-refractivity contribution >= 4 is 21.8 Å². The maximum absolute atomic E-state index is 5.93. The third kappa shape index (κ3) is 3.24. The summed E-state index contributed by atoms with van der Waals surface area (Å²) < 4.78 is 11.4. The van der Waals surface area contributed by atoms with E-state index in [9.17, 15) is 0 Å². The molecule has 0 aliphatic heterocycles. The quantitative estimate of drug-likeness (QED) is 0.653. The number of H-pyrrole nitrogens is 1. The highest BCUT2D eigenvalue weighted by atomic mass is 16.5. The van der Waals surface area contributed by atoms with Crippen LogP contribution in [0, 0.1) is 0 Å². The van der Waals surface area contributed by atoms with Crippen LogP contribution >= 0.6 is 0 Å². The second kappa shape index (κ2) is 6.87. The van der Waals surface area contributed by atoms with E-state index in [1.807, 2.05) is 24.4 Å². The van der Waals surface area contributed by atoms with Crippen molar-refractivity contribution < 1.29 is 9.47 Å². The molecule has 0 bridgehead atoms. The minimum absolute atomic E-state index is 0.254. The summed E-state index contributed by atoms with van der Waals surface area (Å²) in [6.07, 6.45) is 6.55. The Bertz CT molecular complexity index is 797. The number of nitrogens with zero attached hydrogens (tertiary/aromatic N) is 1. The van der Waals surface area contributed by atoms with E-state index in [4.69, 9.17) is 15.2 Å². The lowest BCUT2D eigenvalue weighted by Crippen LogP contribution is -2.19. The number of aromatic amines is 1. The van der Waals surface area contributed by atoms with E-state index in [1.54, 1.807) is 13.3 Å². The van der Waals surface area contributed by atoms with Crippen LogP contribution in [0.15, 0.2) is 30.6 Å². The van der Waals surface area contributed by atoms with Crippen LogP contribution in [0.2, 0.25) is 0 Å². The van der Waals surface area contributed by atoms with Gasteiger partial charge in [0.1, 0.15) is 0 Å². The standard InChI is InChI=1S/C18H23N3O2/c1-3-12(19)5-4-8-23-18-10-16-13(9-17(18)22-2)14-11-20-7-6-15(14)21-16/h6-7,9-12,21H,3-5,8,19H2,1-2H3. The summed E-state index contributed by atoms with van der Waals surface area (Å²) in [4.78, 5) is 7.59. The number of rotatable bonds is 7. The molecule has 0 aliphatic carbocycles. The Balaban J connectivity index is 1.83. The maximum atomic E-state index is 5.93. The molecule has 5 nitrogen and oxygen atoms in total. The fourth-order valence-corrected chi connectivity index (χ4v) is 2.75. The summed E-state index contributed by atoms with van der Waals surface area (Å²) in [5.41, 5.74) is 8.02. The van der Waals surface area contributed by atoms with Crippen molar-refractivity contribution in [1.29, 1.82) is 0 Å². The molecule has 1 aromatic carbocycles. The summed E-state index contributed by atoms with van der Waals surface area (Å²) in [7, 11) is 1.66. The zero-order valence-corrected chi connectivity index (χ0v) is 13.6. The minimum Gasteiger partial charge on any atom is -0.493 e. The molecule has 5 heteroatoms. The van der Waals surface area contributed by atoms with Gasteiger partial charge in [-0.05, 0) is 31.4 Å². The lowest BCUT2D eigenvalue weighted by molar-refractivity contribution is 0.282. The Kier molecular flexibility index (Phi) is 4.67. The highest BCUT2D eigenvalue weighted by molar-refractivity contribution is 6.07. The molecule has 0 aliphatic rings. The van der Waals surface area contributed by atoms with Crippen LogP contribution in [0.5, 0.6) is 11.5 Å². The summed E-state index contributed by atoms with van der Waals surface area (Å²) in [5, 5.41) is 2.17. The van der Waals surface area contributed by atoms with Crippen LogP contribution in [-0.4, -0.2) is 29.7 Å². The number of fused-ring (bicyclic) bond motifs is 3. The summed E-state index contributed by atoms with van der Waals surface area (Å²) in [5.74, 6) is 1.49. The van der Waals surface area contributed by atoms with Gasteiger partial charge in [-0.25, -0.2) is 0 Å². The SMILES string of the molecule is CCC(N)CCCOc1cc2[nH]c3ccncc3c2cc1OC. The van der Waals surface area contributed by atoms with Gasteiger partial charge in [0.25, 0.3) is 0 Å². The first kappa shape index (κ1) is 15.6. The van der Waals surface area contributed by atoms with Crippen molar-refractivity contribution in [3.63, 3.8) is 0 Å². The number of benzene rings is 1. The molecule has 0 fully saturated rings. The molecular formula is C18H23N3O2. The van der Waals surface area contributed by atoms with E-state index in [1.165, 1.54) is 0 Å². The van der Waals surface area contributed by atoms with Crippen molar-refractivity contribution in [1.82, 2.24) is 9.97 Å². The van der Waals surface area contributed by atoms with Crippen molar-refractivity contribution in [2.24, 2.45) is 5.73 Å². The zero-order valence-electron chi connectivity index (χ0n) is 13.6. The van der Waals surface area contributed by atoms with E-state index in [2.05, 4.69) is 16.9 Å². The van der Waals surface area contributed by atoms with Gasteiger partial charge in [-0.2, -0.15) is 0 Å². The molecule has 0 spiro atoms. The number of aromatic nitrogens is 2. The van der Waals surface area contributed by atoms with Crippen molar-refractivity contribution in [3.8, 4) is 11.5 Å². The van der Waals surface area contributed by atoms with Crippen LogP contribution < -0.4 is 15.2 Å². The van der Waals surface area contributed by atoms with E-state index in [0.717, 1.165) is 52.6 Å². The molecule has 2 aromatic heterocycles. The second-order valence-electron chi connectivity index (χ2n) is 5.75. The van der Waals surface area contributed by atoms with Crippen molar-refractivity contribution in [2.45, 2.75) is 32.2 Å².